The van der Waals surface area contributed by atoms with Crippen molar-refractivity contribution in [1.29, 1.82) is 0 Å². The molecule has 0 saturated heterocycles. The first kappa shape index (κ1) is 15.4. The van der Waals surface area contributed by atoms with Gasteiger partial charge in [-0.1, -0.05) is 17.7 Å². The zero-order chi connectivity index (χ0) is 15.4. The average molecular weight is 309 g/mol. The van der Waals surface area contributed by atoms with Crippen LogP contribution in [0, 0.1) is 0 Å². The molecule has 0 bridgehead atoms. The molecule has 6 heteroatoms. The molecule has 1 aromatic carbocycles. The fourth-order valence-corrected chi connectivity index (χ4v) is 2.32. The number of aliphatic carboxylic acids is 1. The zero-order valence-corrected chi connectivity index (χ0v) is 12.5. The molecular formula is C15H17ClN2O3. The van der Waals surface area contributed by atoms with Gasteiger partial charge in [0.2, 0.25) is 5.91 Å². The number of carbonyl (C=O) groups excluding carboxylic acids is 1. The molecule has 21 heavy (non-hydrogen) atoms. The van der Waals surface area contributed by atoms with Gasteiger partial charge in [0, 0.05) is 36.7 Å². The lowest BCUT2D eigenvalue weighted by Crippen LogP contribution is -2.31. The predicted octanol–water partition coefficient (Wildman–Crippen LogP) is 2.62. The van der Waals surface area contributed by atoms with Crippen LogP contribution >= 0.6 is 11.6 Å². The smallest absolute Gasteiger partial charge is 0.303 e. The molecule has 0 atom stereocenters. The quantitative estimate of drug-likeness (QED) is 0.892. The highest BCUT2D eigenvalue weighted by Crippen LogP contribution is 2.20. The lowest BCUT2D eigenvalue weighted by molar-refractivity contribution is -0.138. The van der Waals surface area contributed by atoms with E-state index in [0.29, 0.717) is 18.0 Å². The van der Waals surface area contributed by atoms with Crippen LogP contribution in [0.15, 0.2) is 30.5 Å². The largest absolute Gasteiger partial charge is 0.481 e. The summed E-state index contributed by atoms with van der Waals surface area (Å²) in [5, 5.41) is 10.3. The van der Waals surface area contributed by atoms with Crippen LogP contribution in [0.2, 0.25) is 5.02 Å². The van der Waals surface area contributed by atoms with Gasteiger partial charge in [0.25, 0.3) is 0 Å². The summed E-state index contributed by atoms with van der Waals surface area (Å²) in [5.41, 5.74) is 0.912. The van der Waals surface area contributed by atoms with Crippen LogP contribution in [0.5, 0.6) is 0 Å². The van der Waals surface area contributed by atoms with E-state index in [1.54, 1.807) is 11.9 Å². The number of carbonyl (C=O) groups is 2. The molecule has 0 aliphatic rings. The molecule has 1 amide bonds. The first-order valence-electron chi connectivity index (χ1n) is 6.67. The summed E-state index contributed by atoms with van der Waals surface area (Å²) in [5.74, 6) is -0.903. The van der Waals surface area contributed by atoms with Gasteiger partial charge in [-0.05, 0) is 30.0 Å². The van der Waals surface area contributed by atoms with Gasteiger partial charge in [-0.15, -0.1) is 0 Å². The summed E-state index contributed by atoms with van der Waals surface area (Å²) in [4.78, 5) is 24.2. The molecule has 0 aliphatic heterocycles. The Hall–Kier alpha value is -2.01. The van der Waals surface area contributed by atoms with Gasteiger partial charge in [-0.3, -0.25) is 9.59 Å². The van der Waals surface area contributed by atoms with E-state index in [9.17, 15) is 9.59 Å². The van der Waals surface area contributed by atoms with Gasteiger partial charge in [0.15, 0.2) is 0 Å². The third kappa shape index (κ3) is 3.98. The Balaban J connectivity index is 2.00. The van der Waals surface area contributed by atoms with Crippen LogP contribution in [0.4, 0.5) is 0 Å². The van der Waals surface area contributed by atoms with Crippen LogP contribution in [0.1, 0.15) is 12.8 Å². The van der Waals surface area contributed by atoms with Crippen molar-refractivity contribution in [2.45, 2.75) is 19.4 Å². The number of hydrogen-bond donors (Lipinski definition) is 1. The number of hydrogen-bond acceptors (Lipinski definition) is 2. The maximum atomic E-state index is 12.1. The average Bonchev–Trinajstić information content (AvgIpc) is 2.80. The number of likely N-dealkylation sites (N-methyl/N-ethyl adjacent to an activating group) is 1. The number of nitrogens with zero attached hydrogens (tertiary/aromatic N) is 2. The van der Waals surface area contributed by atoms with E-state index in [4.69, 9.17) is 16.7 Å². The van der Waals surface area contributed by atoms with Crippen LogP contribution in [0.25, 0.3) is 10.9 Å². The Bertz CT molecular complexity index is 666. The Labute approximate surface area is 127 Å². The topological polar surface area (TPSA) is 62.5 Å². The molecule has 1 N–H and O–H groups in total. The third-order valence-electron chi connectivity index (χ3n) is 3.35. The van der Waals surface area contributed by atoms with E-state index >= 15 is 0 Å². The molecule has 0 spiro atoms. The minimum absolute atomic E-state index is 0.0575. The monoisotopic (exact) mass is 308 g/mol. The molecule has 112 valence electrons. The van der Waals surface area contributed by atoms with E-state index in [0.717, 1.165) is 10.9 Å². The number of carboxylic acids is 1. The fourth-order valence-electron chi connectivity index (χ4n) is 2.15. The van der Waals surface area contributed by atoms with E-state index < -0.39 is 5.97 Å². The number of rotatable bonds is 6. The first-order chi connectivity index (χ1) is 9.97. The Morgan fingerprint density at radius 2 is 2.10 bits per heavy atom. The SMILES string of the molecule is CN(CCCC(=O)O)C(=O)Cn1ccc2ccc(Cl)cc21. The van der Waals surface area contributed by atoms with Crippen molar-refractivity contribution in [2.24, 2.45) is 0 Å². The second-order valence-corrected chi connectivity index (χ2v) is 5.40. The van der Waals surface area contributed by atoms with Crippen molar-refractivity contribution in [3.8, 4) is 0 Å². The molecule has 2 aromatic rings. The Morgan fingerprint density at radius 3 is 2.81 bits per heavy atom. The summed E-state index contributed by atoms with van der Waals surface area (Å²) < 4.78 is 1.84. The van der Waals surface area contributed by atoms with Crippen molar-refractivity contribution >= 4 is 34.4 Å². The van der Waals surface area contributed by atoms with Crippen LogP contribution in [0.3, 0.4) is 0 Å². The second-order valence-electron chi connectivity index (χ2n) is 4.96. The van der Waals surface area contributed by atoms with Gasteiger partial charge in [-0.2, -0.15) is 0 Å². The minimum Gasteiger partial charge on any atom is -0.481 e. The van der Waals surface area contributed by atoms with Crippen molar-refractivity contribution < 1.29 is 14.7 Å². The molecule has 1 heterocycles. The molecule has 0 unspecified atom stereocenters. The number of halogens is 1. The maximum Gasteiger partial charge on any atom is 0.303 e. The molecule has 5 nitrogen and oxygen atoms in total. The number of carboxylic acid groups (broad SMARTS) is 1. The summed E-state index contributed by atoms with van der Waals surface area (Å²) in [6.07, 6.45) is 2.37. The lowest BCUT2D eigenvalue weighted by Gasteiger charge is -2.17. The summed E-state index contributed by atoms with van der Waals surface area (Å²) in [7, 11) is 1.68. The van der Waals surface area contributed by atoms with E-state index in [2.05, 4.69) is 0 Å². The summed E-state index contributed by atoms with van der Waals surface area (Å²) in [6.45, 7) is 0.651. The van der Waals surface area contributed by atoms with Gasteiger partial charge in [0.1, 0.15) is 6.54 Å². The van der Waals surface area contributed by atoms with Gasteiger partial charge < -0.3 is 14.6 Å². The van der Waals surface area contributed by atoms with Crippen LogP contribution < -0.4 is 0 Å². The van der Waals surface area contributed by atoms with Crippen LogP contribution in [-0.4, -0.2) is 40.0 Å². The molecule has 0 radical (unpaired) electrons. The molecule has 1 aromatic heterocycles. The van der Waals surface area contributed by atoms with Crippen LogP contribution in [-0.2, 0) is 16.1 Å². The zero-order valence-electron chi connectivity index (χ0n) is 11.8. The van der Waals surface area contributed by atoms with Gasteiger partial charge in [0.05, 0.1) is 0 Å². The van der Waals surface area contributed by atoms with E-state index in [-0.39, 0.29) is 18.9 Å². The molecule has 0 aliphatic carbocycles. The van der Waals surface area contributed by atoms with E-state index in [1.807, 2.05) is 35.0 Å². The van der Waals surface area contributed by atoms with Crippen molar-refractivity contribution in [3.05, 3.63) is 35.5 Å². The van der Waals surface area contributed by atoms with Gasteiger partial charge in [-0.25, -0.2) is 0 Å². The highest BCUT2D eigenvalue weighted by atomic mass is 35.5. The van der Waals surface area contributed by atoms with Gasteiger partial charge >= 0.3 is 5.97 Å². The van der Waals surface area contributed by atoms with E-state index in [1.165, 1.54) is 0 Å². The number of fused-ring (bicyclic) bond motifs is 1. The fraction of sp³-hybridized carbons (Fsp3) is 0.333. The second kappa shape index (κ2) is 6.63. The predicted molar refractivity (Wildman–Crippen MR) is 81.5 cm³/mol. The highest BCUT2D eigenvalue weighted by Gasteiger charge is 2.11. The Kier molecular flexibility index (Phi) is 4.85. The minimum atomic E-state index is -0.845. The lowest BCUT2D eigenvalue weighted by atomic mass is 10.2. The van der Waals surface area contributed by atoms with Crippen molar-refractivity contribution in [3.63, 3.8) is 0 Å². The highest BCUT2D eigenvalue weighted by molar-refractivity contribution is 6.31. The summed E-state index contributed by atoms with van der Waals surface area (Å²) >= 11 is 5.98. The number of benzene rings is 1. The molecule has 0 fully saturated rings. The first-order valence-corrected chi connectivity index (χ1v) is 7.05. The number of amides is 1. The normalized spacial score (nSPS) is 10.8. The third-order valence-corrected chi connectivity index (χ3v) is 3.59. The van der Waals surface area contributed by atoms with Crippen molar-refractivity contribution in [2.75, 3.05) is 13.6 Å². The summed E-state index contributed by atoms with van der Waals surface area (Å²) in [6, 6.07) is 7.49. The van der Waals surface area contributed by atoms with Crippen molar-refractivity contribution in [1.82, 2.24) is 9.47 Å². The molecular weight excluding hydrogens is 292 g/mol. The standard InChI is InChI=1S/C15H17ClN2O3/c1-17(7-2-3-15(20)21)14(19)10-18-8-6-11-4-5-12(16)9-13(11)18/h4-6,8-9H,2-3,7,10H2,1H3,(H,20,21). The molecule has 2 rings (SSSR count). The maximum absolute atomic E-state index is 12.1. The Morgan fingerprint density at radius 1 is 1.33 bits per heavy atom. The number of aromatic nitrogens is 1. The molecule has 0 saturated carbocycles.